The lowest BCUT2D eigenvalue weighted by molar-refractivity contribution is -0.384. The second-order valence-electron chi connectivity index (χ2n) is 7.26. The fraction of sp³-hybridized carbons (Fsp3) is 0.333. The molecule has 0 atom stereocenters. The van der Waals surface area contributed by atoms with E-state index in [0.29, 0.717) is 22.4 Å². The molecule has 0 spiro atoms. The van der Waals surface area contributed by atoms with E-state index in [2.05, 4.69) is 17.2 Å². The van der Waals surface area contributed by atoms with Crippen LogP contribution in [0.3, 0.4) is 0 Å². The van der Waals surface area contributed by atoms with Crippen molar-refractivity contribution in [2.24, 2.45) is 14.1 Å². The molecular weight excluding hydrogens is 434 g/mol. The molecule has 0 aliphatic carbocycles. The fourth-order valence-corrected chi connectivity index (χ4v) is 4.26. The predicted molar refractivity (Wildman–Crippen MR) is 123 cm³/mol. The van der Waals surface area contributed by atoms with E-state index in [1.807, 2.05) is 0 Å². The minimum atomic E-state index is -0.512. The first-order valence-electron chi connectivity index (χ1n) is 9.99. The van der Waals surface area contributed by atoms with Gasteiger partial charge < -0.3 is 5.32 Å². The van der Waals surface area contributed by atoms with Crippen LogP contribution in [0.5, 0.6) is 0 Å². The highest BCUT2D eigenvalue weighted by Crippen LogP contribution is 2.29. The Hall–Kier alpha value is -3.47. The summed E-state index contributed by atoms with van der Waals surface area (Å²) >= 11 is 1.21. The third-order valence-electron chi connectivity index (χ3n) is 5.00. The average molecular weight is 458 g/mol. The minimum Gasteiger partial charge on any atom is -0.325 e. The minimum absolute atomic E-state index is 0.0151. The van der Waals surface area contributed by atoms with Gasteiger partial charge in [0.1, 0.15) is 5.65 Å². The standard InChI is InChI=1S/C21H23N5O5S/c1-4-5-6-13-11-22-19-17(20(28)25(3)21(29)24(19)2)18(13)32-12-16(27)23-14-7-9-15(10-8-14)26(30)31/h7-11H,4-6,12H2,1-3H3,(H,23,27). The first-order chi connectivity index (χ1) is 15.2. The zero-order valence-electron chi connectivity index (χ0n) is 18.0. The number of aryl methyl sites for hydroxylation is 2. The van der Waals surface area contributed by atoms with Crippen molar-refractivity contribution in [1.82, 2.24) is 14.1 Å². The van der Waals surface area contributed by atoms with Crippen molar-refractivity contribution >= 4 is 40.1 Å². The topological polar surface area (TPSA) is 129 Å². The summed E-state index contributed by atoms with van der Waals surface area (Å²) in [5.41, 5.74) is 0.572. The number of nitrogens with zero attached hydrogens (tertiary/aromatic N) is 4. The number of benzene rings is 1. The average Bonchev–Trinajstić information content (AvgIpc) is 2.78. The Labute approximate surface area is 187 Å². The molecule has 0 radical (unpaired) electrons. The number of hydrogen-bond acceptors (Lipinski definition) is 7. The number of carbonyl (C=O) groups is 1. The van der Waals surface area contributed by atoms with E-state index in [0.717, 1.165) is 23.0 Å². The maximum absolute atomic E-state index is 12.9. The monoisotopic (exact) mass is 457 g/mol. The number of non-ortho nitro benzene ring substituents is 1. The van der Waals surface area contributed by atoms with Crippen LogP contribution in [-0.4, -0.2) is 30.7 Å². The molecular formula is C21H23N5O5S. The predicted octanol–water partition coefficient (Wildman–Crippen LogP) is 2.61. The number of fused-ring (bicyclic) bond motifs is 1. The van der Waals surface area contributed by atoms with Crippen molar-refractivity contribution in [3.8, 4) is 0 Å². The molecule has 10 nitrogen and oxygen atoms in total. The van der Waals surface area contributed by atoms with Gasteiger partial charge in [0.25, 0.3) is 11.2 Å². The number of rotatable bonds is 8. The van der Waals surface area contributed by atoms with Gasteiger partial charge in [0.05, 0.1) is 16.1 Å². The number of hydrogen-bond donors (Lipinski definition) is 1. The Morgan fingerprint density at radius 1 is 1.19 bits per heavy atom. The largest absolute Gasteiger partial charge is 0.332 e. The molecule has 11 heteroatoms. The Kier molecular flexibility index (Phi) is 7.08. The first kappa shape index (κ1) is 23.2. The number of thioether (sulfide) groups is 1. The molecule has 0 aliphatic heterocycles. The number of amides is 1. The van der Waals surface area contributed by atoms with E-state index >= 15 is 0 Å². The van der Waals surface area contributed by atoms with Gasteiger partial charge in [-0.05, 0) is 30.5 Å². The molecule has 1 N–H and O–H groups in total. The highest BCUT2D eigenvalue weighted by atomic mass is 32.2. The maximum Gasteiger partial charge on any atom is 0.332 e. The second-order valence-corrected chi connectivity index (χ2v) is 8.25. The summed E-state index contributed by atoms with van der Waals surface area (Å²) < 4.78 is 2.36. The van der Waals surface area contributed by atoms with E-state index in [9.17, 15) is 24.5 Å². The highest BCUT2D eigenvalue weighted by molar-refractivity contribution is 8.00. The number of nitro groups is 1. The van der Waals surface area contributed by atoms with Gasteiger partial charge in [-0.15, -0.1) is 11.8 Å². The van der Waals surface area contributed by atoms with Crippen LogP contribution in [0.25, 0.3) is 11.0 Å². The molecule has 32 heavy (non-hydrogen) atoms. The number of unbranched alkanes of at least 4 members (excludes halogenated alkanes) is 1. The molecule has 0 bridgehead atoms. The zero-order valence-corrected chi connectivity index (χ0v) is 18.8. The first-order valence-corrected chi connectivity index (χ1v) is 11.0. The number of nitrogens with one attached hydrogen (secondary N) is 1. The van der Waals surface area contributed by atoms with Crippen LogP contribution < -0.4 is 16.6 Å². The van der Waals surface area contributed by atoms with Crippen LogP contribution in [0, 0.1) is 10.1 Å². The van der Waals surface area contributed by atoms with Crippen LogP contribution >= 0.6 is 11.8 Å². The van der Waals surface area contributed by atoms with Crippen LogP contribution in [0.2, 0.25) is 0 Å². The quantitative estimate of drug-likeness (QED) is 0.313. The molecule has 2 aromatic heterocycles. The number of anilines is 1. The summed E-state index contributed by atoms with van der Waals surface area (Å²) in [5.74, 6) is -0.307. The molecule has 168 valence electrons. The van der Waals surface area contributed by atoms with Gasteiger partial charge in [0.15, 0.2) is 0 Å². The van der Waals surface area contributed by atoms with Gasteiger partial charge in [-0.3, -0.25) is 28.8 Å². The third kappa shape index (κ3) is 4.72. The summed E-state index contributed by atoms with van der Waals surface area (Å²) in [6.45, 7) is 2.06. The third-order valence-corrected chi connectivity index (χ3v) is 6.17. The van der Waals surface area contributed by atoms with Gasteiger partial charge in [-0.25, -0.2) is 9.78 Å². The summed E-state index contributed by atoms with van der Waals surface area (Å²) in [6, 6.07) is 5.54. The zero-order chi connectivity index (χ0) is 23.4. The summed E-state index contributed by atoms with van der Waals surface area (Å²) in [4.78, 5) is 53.0. The van der Waals surface area contributed by atoms with Crippen molar-refractivity contribution in [3.63, 3.8) is 0 Å². The van der Waals surface area contributed by atoms with Gasteiger partial charge in [0.2, 0.25) is 5.91 Å². The molecule has 0 saturated carbocycles. The van der Waals surface area contributed by atoms with E-state index in [1.165, 1.54) is 47.6 Å². The second kappa shape index (κ2) is 9.77. The van der Waals surface area contributed by atoms with Crippen molar-refractivity contribution < 1.29 is 9.72 Å². The number of aromatic nitrogens is 3. The van der Waals surface area contributed by atoms with Gasteiger partial charge in [0, 0.05) is 43.0 Å². The Morgan fingerprint density at radius 2 is 1.88 bits per heavy atom. The van der Waals surface area contributed by atoms with Gasteiger partial charge >= 0.3 is 5.69 Å². The van der Waals surface area contributed by atoms with Crippen LogP contribution in [0.1, 0.15) is 25.3 Å². The lowest BCUT2D eigenvalue weighted by Gasteiger charge is -2.14. The number of nitro benzene ring substituents is 1. The Bertz CT molecular complexity index is 1300. The summed E-state index contributed by atoms with van der Waals surface area (Å²) in [7, 11) is 2.97. The van der Waals surface area contributed by atoms with Crippen molar-refractivity contribution in [1.29, 1.82) is 0 Å². The number of carbonyl (C=O) groups excluding carboxylic acids is 1. The molecule has 2 heterocycles. The fourth-order valence-electron chi connectivity index (χ4n) is 3.25. The maximum atomic E-state index is 12.9. The highest BCUT2D eigenvalue weighted by Gasteiger charge is 2.18. The lowest BCUT2D eigenvalue weighted by Crippen LogP contribution is -2.37. The molecule has 3 aromatic rings. The van der Waals surface area contributed by atoms with Crippen LogP contribution in [0.15, 0.2) is 44.9 Å². The van der Waals surface area contributed by atoms with E-state index in [-0.39, 0.29) is 23.0 Å². The molecule has 0 unspecified atom stereocenters. The number of pyridine rings is 1. The van der Waals surface area contributed by atoms with Crippen LogP contribution in [-0.2, 0) is 25.3 Å². The smallest absolute Gasteiger partial charge is 0.325 e. The summed E-state index contributed by atoms with van der Waals surface area (Å²) in [5, 5.41) is 13.8. The van der Waals surface area contributed by atoms with Gasteiger partial charge in [-0.1, -0.05) is 13.3 Å². The molecule has 3 rings (SSSR count). The lowest BCUT2D eigenvalue weighted by atomic mass is 10.1. The SMILES string of the molecule is CCCCc1cnc2c(c1SCC(=O)Nc1ccc([N+](=O)[O-])cc1)c(=O)n(C)c(=O)n2C. The van der Waals surface area contributed by atoms with E-state index in [1.54, 1.807) is 13.2 Å². The van der Waals surface area contributed by atoms with E-state index < -0.39 is 16.2 Å². The Morgan fingerprint density at radius 3 is 2.50 bits per heavy atom. The summed E-state index contributed by atoms with van der Waals surface area (Å²) in [6.07, 6.45) is 4.20. The molecule has 1 aromatic carbocycles. The Balaban J connectivity index is 1.92. The van der Waals surface area contributed by atoms with E-state index in [4.69, 9.17) is 0 Å². The molecule has 0 fully saturated rings. The van der Waals surface area contributed by atoms with Crippen molar-refractivity contribution in [3.05, 3.63) is 67.0 Å². The van der Waals surface area contributed by atoms with Gasteiger partial charge in [-0.2, -0.15) is 0 Å². The molecule has 0 aliphatic rings. The molecule has 0 saturated heterocycles. The normalized spacial score (nSPS) is 11.0. The molecule has 1 amide bonds. The van der Waals surface area contributed by atoms with Crippen LogP contribution in [0.4, 0.5) is 11.4 Å². The van der Waals surface area contributed by atoms with Crippen molar-refractivity contribution in [2.75, 3.05) is 11.1 Å². The van der Waals surface area contributed by atoms with Crippen molar-refractivity contribution in [2.45, 2.75) is 31.1 Å².